The number of methoxy groups -OCH3 is 1. The van der Waals surface area contributed by atoms with Crippen molar-refractivity contribution in [1.82, 2.24) is 0 Å². The van der Waals surface area contributed by atoms with Gasteiger partial charge in [-0.3, -0.25) is 4.79 Å². The van der Waals surface area contributed by atoms with Crippen molar-refractivity contribution in [3.05, 3.63) is 29.8 Å². The Labute approximate surface area is 140 Å². The molecule has 4 heteroatoms. The average Bonchev–Trinajstić information content (AvgIpc) is 2.46. The normalized spacial score (nSPS) is 12.3. The summed E-state index contributed by atoms with van der Waals surface area (Å²) < 4.78 is 5.15. The fraction of sp³-hybridized carbons (Fsp3) is 0.611. The van der Waals surface area contributed by atoms with Crippen LogP contribution in [0.15, 0.2) is 24.3 Å². The van der Waals surface area contributed by atoms with Gasteiger partial charge in [0.1, 0.15) is 13.0 Å². The number of carbonyl (C=O) groups excluding carboxylic acids is 1. The van der Waals surface area contributed by atoms with Gasteiger partial charge in [0.25, 0.3) is 0 Å². The highest BCUT2D eigenvalue weighted by Crippen LogP contribution is 2.49. The summed E-state index contributed by atoms with van der Waals surface area (Å²) in [7, 11) is 0.0695. The zero-order chi connectivity index (χ0) is 16.9. The van der Waals surface area contributed by atoms with E-state index in [1.165, 1.54) is 0 Å². The Kier molecular flexibility index (Phi) is 7.20. The lowest BCUT2D eigenvalue weighted by Crippen LogP contribution is -2.42. The monoisotopic (exact) mass is 338 g/mol. The van der Waals surface area contributed by atoms with Crippen LogP contribution in [0.3, 0.4) is 0 Å². The second kappa shape index (κ2) is 8.21. The molecule has 0 bridgehead atoms. The number of carbonyl (C=O) groups is 1. The van der Waals surface area contributed by atoms with E-state index in [4.69, 9.17) is 4.74 Å². The van der Waals surface area contributed by atoms with E-state index in [0.29, 0.717) is 22.4 Å². The van der Waals surface area contributed by atoms with Gasteiger partial charge in [-0.05, 0) is 40.9 Å². The Morgan fingerprint density at radius 1 is 1.00 bits per heavy atom. The zero-order valence-electron chi connectivity index (χ0n) is 15.0. The number of ether oxygens (including phenoxy) is 1. The number of rotatable bonds is 8. The molecule has 0 aliphatic carbocycles. The molecule has 0 aromatic heterocycles. The van der Waals surface area contributed by atoms with E-state index in [1.807, 2.05) is 35.5 Å². The molecule has 0 unspecified atom stereocenters. The minimum atomic E-state index is -1.57. The van der Waals surface area contributed by atoms with Crippen LogP contribution < -0.4 is 4.74 Å². The van der Waals surface area contributed by atoms with Gasteiger partial charge < -0.3 is 4.74 Å². The highest BCUT2D eigenvalue weighted by Gasteiger charge is 2.43. The van der Waals surface area contributed by atoms with Crippen LogP contribution in [0, 0.1) is 0 Å². The van der Waals surface area contributed by atoms with E-state index in [2.05, 4.69) is 41.5 Å². The van der Waals surface area contributed by atoms with Gasteiger partial charge >= 0.3 is 0 Å². The van der Waals surface area contributed by atoms with Crippen molar-refractivity contribution in [2.45, 2.75) is 58.2 Å². The third kappa shape index (κ3) is 4.16. The van der Waals surface area contributed by atoms with Gasteiger partial charge in [0.2, 0.25) is 0 Å². The summed E-state index contributed by atoms with van der Waals surface area (Å²) in [6.45, 7) is 14.0. The topological polar surface area (TPSA) is 26.3 Å². The average molecular weight is 339 g/mol. The summed E-state index contributed by atoms with van der Waals surface area (Å²) >= 11 is 1.96. The number of hydrogen-bond acceptors (Lipinski definition) is 3. The second-order valence-electron chi connectivity index (χ2n) is 6.76. The molecule has 0 heterocycles. The van der Waals surface area contributed by atoms with Crippen molar-refractivity contribution in [3.8, 4) is 5.75 Å². The Morgan fingerprint density at radius 3 is 1.82 bits per heavy atom. The fourth-order valence-electron chi connectivity index (χ4n) is 3.55. The van der Waals surface area contributed by atoms with E-state index in [-0.39, 0.29) is 5.78 Å². The van der Waals surface area contributed by atoms with Gasteiger partial charge in [-0.2, -0.15) is 11.2 Å². The third-order valence-electron chi connectivity index (χ3n) is 4.57. The van der Waals surface area contributed by atoms with Gasteiger partial charge in [0, 0.05) is 5.56 Å². The summed E-state index contributed by atoms with van der Waals surface area (Å²) in [6.07, 6.45) is 0. The first-order valence-corrected chi connectivity index (χ1v) is 12.0. The smallest absolute Gasteiger partial charge is 0.172 e. The van der Waals surface area contributed by atoms with Crippen LogP contribution in [0.25, 0.3) is 0 Å². The molecule has 0 amide bonds. The first-order chi connectivity index (χ1) is 10.3. The number of Topliss-reactive ketones (excluding diaryl/α,β-unsaturated/α-hetero) is 1. The molecule has 0 N–H and O–H groups in total. The highest BCUT2D eigenvalue weighted by molar-refractivity contribution is 8.29. The van der Waals surface area contributed by atoms with Crippen LogP contribution in [0.4, 0.5) is 0 Å². The van der Waals surface area contributed by atoms with E-state index >= 15 is 0 Å². The molecule has 0 saturated carbocycles. The first-order valence-electron chi connectivity index (χ1n) is 8.06. The van der Waals surface area contributed by atoms with E-state index in [0.717, 1.165) is 11.3 Å². The minimum absolute atomic E-state index is 0.228. The summed E-state index contributed by atoms with van der Waals surface area (Å²) in [4.78, 5) is 12.5. The predicted molar refractivity (Wildman–Crippen MR) is 101 cm³/mol. The van der Waals surface area contributed by atoms with Crippen LogP contribution in [0.2, 0.25) is 16.6 Å². The highest BCUT2D eigenvalue weighted by atomic mass is 32.4. The third-order valence-corrected chi connectivity index (χ3v) is 17.1. The molecule has 2 nitrogen and oxygen atoms in total. The predicted octanol–water partition coefficient (Wildman–Crippen LogP) is 5.79. The molecule has 22 heavy (non-hydrogen) atoms. The van der Waals surface area contributed by atoms with Crippen LogP contribution >= 0.6 is 11.2 Å². The Balaban J connectivity index is 2.85. The number of benzene rings is 1. The van der Waals surface area contributed by atoms with Gasteiger partial charge in [0.05, 0.1) is 12.9 Å². The Morgan fingerprint density at radius 2 is 1.45 bits per heavy atom. The lowest BCUT2D eigenvalue weighted by atomic mass is 10.1. The maximum Gasteiger partial charge on any atom is 0.172 e. The Bertz CT molecular complexity index is 459. The Hall–Kier alpha value is -0.743. The van der Waals surface area contributed by atoms with Crippen molar-refractivity contribution < 1.29 is 9.53 Å². The summed E-state index contributed by atoms with van der Waals surface area (Å²) in [6, 6.07) is 7.45. The van der Waals surface area contributed by atoms with Crippen molar-refractivity contribution in [2.24, 2.45) is 0 Å². The molecule has 0 fully saturated rings. The minimum Gasteiger partial charge on any atom is -0.497 e. The number of ketones is 1. The van der Waals surface area contributed by atoms with Gasteiger partial charge in [-0.15, -0.1) is 0 Å². The molecule has 124 valence electrons. The standard InChI is InChI=1S/C18H30O2SSi/c1-13(2)22(14(3)4,15(5)6)21-12-18(19)16-8-10-17(20-7)11-9-16/h8-11,13-15H,12H2,1-7H3. The largest absolute Gasteiger partial charge is 0.497 e. The van der Waals surface area contributed by atoms with E-state index < -0.39 is 7.22 Å². The van der Waals surface area contributed by atoms with E-state index in [1.54, 1.807) is 7.11 Å². The van der Waals surface area contributed by atoms with E-state index in [9.17, 15) is 4.79 Å². The summed E-state index contributed by atoms with van der Waals surface area (Å²) in [5, 5.41) is 0. The van der Waals surface area contributed by atoms with Gasteiger partial charge in [-0.25, -0.2) is 0 Å². The molecule has 0 aliphatic heterocycles. The lowest BCUT2D eigenvalue weighted by Gasteiger charge is -2.42. The van der Waals surface area contributed by atoms with Crippen LogP contribution in [0.1, 0.15) is 51.9 Å². The molecule has 1 aromatic carbocycles. The van der Waals surface area contributed by atoms with Crippen LogP contribution in [0.5, 0.6) is 5.75 Å². The molecule has 0 saturated heterocycles. The quantitative estimate of drug-likeness (QED) is 0.443. The molecule has 0 aliphatic rings. The molecule has 0 radical (unpaired) electrons. The van der Waals surface area contributed by atoms with Gasteiger partial charge in [0.15, 0.2) is 5.78 Å². The number of hydrogen-bond donors (Lipinski definition) is 0. The molecular formula is C18H30O2SSi. The zero-order valence-corrected chi connectivity index (χ0v) is 16.8. The lowest BCUT2D eigenvalue weighted by molar-refractivity contribution is 0.102. The van der Waals surface area contributed by atoms with Crippen molar-refractivity contribution in [2.75, 3.05) is 12.9 Å². The van der Waals surface area contributed by atoms with Crippen molar-refractivity contribution in [1.29, 1.82) is 0 Å². The molecular weight excluding hydrogens is 308 g/mol. The van der Waals surface area contributed by atoms with Crippen molar-refractivity contribution >= 4 is 24.2 Å². The molecule has 1 rings (SSSR count). The van der Waals surface area contributed by atoms with Crippen LogP contribution in [-0.2, 0) is 0 Å². The van der Waals surface area contributed by atoms with Gasteiger partial charge in [-0.1, -0.05) is 41.5 Å². The first kappa shape index (κ1) is 19.3. The molecule has 0 spiro atoms. The maximum absolute atomic E-state index is 12.5. The SMILES string of the molecule is COc1ccc(C(=O)CS[Si](C(C)C)(C(C)C)C(C)C)cc1. The van der Waals surface area contributed by atoms with Crippen LogP contribution in [-0.4, -0.2) is 25.9 Å². The summed E-state index contributed by atoms with van der Waals surface area (Å²) in [5.41, 5.74) is 2.79. The van der Waals surface area contributed by atoms with Crippen molar-refractivity contribution in [3.63, 3.8) is 0 Å². The molecule has 0 atom stereocenters. The molecule has 1 aromatic rings. The summed E-state index contributed by atoms with van der Waals surface area (Å²) in [5.74, 6) is 1.61. The fourth-order valence-corrected chi connectivity index (χ4v) is 13.2. The second-order valence-corrected chi connectivity index (χ2v) is 15.5. The maximum atomic E-state index is 12.5.